The van der Waals surface area contributed by atoms with E-state index in [0.29, 0.717) is 31.6 Å². The maximum Gasteiger partial charge on any atom is 0.319 e. The molecule has 1 aliphatic rings. The molecular weight excluding hydrogens is 326 g/mol. The van der Waals surface area contributed by atoms with Crippen LogP contribution in [0.2, 0.25) is 0 Å². The lowest BCUT2D eigenvalue weighted by Gasteiger charge is -2.37. The standard InChI is InChI=1S/C16H19N5O4/c1-18(2)16(23)20-9-7-19(8-10-20)12-5-6-17-14-11(12)3-4-13(15(14)22)21(24)25/h3-6,22H,7-10H2,1-2H3. The molecule has 25 heavy (non-hydrogen) atoms. The van der Waals surface area contributed by atoms with E-state index in [0.717, 1.165) is 5.69 Å². The number of amides is 2. The summed E-state index contributed by atoms with van der Waals surface area (Å²) in [4.78, 5) is 31.9. The number of nitro groups is 1. The Morgan fingerprint density at radius 3 is 2.52 bits per heavy atom. The lowest BCUT2D eigenvalue weighted by Crippen LogP contribution is -2.51. The van der Waals surface area contributed by atoms with Crippen LogP contribution in [0.3, 0.4) is 0 Å². The molecule has 1 aromatic carbocycles. The van der Waals surface area contributed by atoms with Crippen molar-refractivity contribution in [2.75, 3.05) is 45.2 Å². The highest BCUT2D eigenvalue weighted by Crippen LogP contribution is 2.37. The quantitative estimate of drug-likeness (QED) is 0.656. The fraction of sp³-hybridized carbons (Fsp3) is 0.375. The largest absolute Gasteiger partial charge is 0.501 e. The molecule has 1 N–H and O–H groups in total. The van der Waals surface area contributed by atoms with Crippen LogP contribution in [-0.4, -0.2) is 71.1 Å². The predicted octanol–water partition coefficient (Wildman–Crippen LogP) is 1.65. The van der Waals surface area contributed by atoms with E-state index >= 15 is 0 Å². The van der Waals surface area contributed by atoms with Crippen LogP contribution in [0, 0.1) is 10.1 Å². The molecule has 2 aromatic rings. The van der Waals surface area contributed by atoms with Crippen molar-refractivity contribution in [2.24, 2.45) is 0 Å². The molecule has 2 heterocycles. The summed E-state index contributed by atoms with van der Waals surface area (Å²) in [5.74, 6) is -0.425. The fourth-order valence-electron chi connectivity index (χ4n) is 3.02. The van der Waals surface area contributed by atoms with Gasteiger partial charge in [0.05, 0.1) is 4.92 Å². The van der Waals surface area contributed by atoms with E-state index in [4.69, 9.17) is 0 Å². The Morgan fingerprint density at radius 1 is 1.24 bits per heavy atom. The Labute approximate surface area is 144 Å². The van der Waals surface area contributed by atoms with Crippen LogP contribution in [0.5, 0.6) is 5.75 Å². The summed E-state index contributed by atoms with van der Waals surface area (Å²) in [5, 5.41) is 21.8. The third-order valence-electron chi connectivity index (χ3n) is 4.31. The van der Waals surface area contributed by atoms with Gasteiger partial charge >= 0.3 is 11.7 Å². The molecule has 1 aromatic heterocycles. The van der Waals surface area contributed by atoms with Crippen molar-refractivity contribution in [3.63, 3.8) is 0 Å². The van der Waals surface area contributed by atoms with E-state index in [1.165, 1.54) is 12.3 Å². The molecule has 132 valence electrons. The van der Waals surface area contributed by atoms with Crippen molar-refractivity contribution < 1.29 is 14.8 Å². The van der Waals surface area contributed by atoms with Gasteiger partial charge in [0.15, 0.2) is 0 Å². The van der Waals surface area contributed by atoms with E-state index in [-0.39, 0.29) is 17.2 Å². The smallest absolute Gasteiger partial charge is 0.319 e. The molecule has 9 heteroatoms. The average molecular weight is 345 g/mol. The van der Waals surface area contributed by atoms with E-state index in [9.17, 15) is 20.0 Å². The monoisotopic (exact) mass is 345 g/mol. The number of pyridine rings is 1. The van der Waals surface area contributed by atoms with E-state index in [1.807, 2.05) is 6.07 Å². The van der Waals surface area contributed by atoms with Crippen LogP contribution in [0.1, 0.15) is 0 Å². The Balaban J connectivity index is 1.89. The molecular formula is C16H19N5O4. The molecule has 0 atom stereocenters. The first kappa shape index (κ1) is 16.7. The number of rotatable bonds is 2. The summed E-state index contributed by atoms with van der Waals surface area (Å²) in [6.07, 6.45) is 1.53. The minimum absolute atomic E-state index is 0.0208. The van der Waals surface area contributed by atoms with Crippen molar-refractivity contribution in [3.05, 3.63) is 34.5 Å². The Bertz CT molecular complexity index is 831. The van der Waals surface area contributed by atoms with E-state index in [1.54, 1.807) is 30.0 Å². The van der Waals surface area contributed by atoms with Crippen molar-refractivity contribution >= 4 is 28.3 Å². The number of carbonyl (C=O) groups is 1. The first-order valence-corrected chi connectivity index (χ1v) is 7.86. The zero-order chi connectivity index (χ0) is 18.1. The molecule has 1 fully saturated rings. The van der Waals surface area contributed by atoms with Crippen LogP contribution in [-0.2, 0) is 0 Å². The lowest BCUT2D eigenvalue weighted by molar-refractivity contribution is -0.385. The lowest BCUT2D eigenvalue weighted by atomic mass is 10.1. The van der Waals surface area contributed by atoms with Gasteiger partial charge in [0.2, 0.25) is 5.75 Å². The van der Waals surface area contributed by atoms with Crippen LogP contribution in [0.25, 0.3) is 10.9 Å². The van der Waals surface area contributed by atoms with Gasteiger partial charge in [-0.3, -0.25) is 15.1 Å². The second-order valence-electron chi connectivity index (χ2n) is 6.07. The number of aromatic nitrogens is 1. The fourth-order valence-corrected chi connectivity index (χ4v) is 3.02. The molecule has 0 saturated carbocycles. The number of piperazine rings is 1. The Kier molecular flexibility index (Phi) is 4.30. The number of aromatic hydroxyl groups is 1. The second-order valence-corrected chi connectivity index (χ2v) is 6.07. The highest BCUT2D eigenvalue weighted by molar-refractivity contribution is 5.97. The number of benzene rings is 1. The number of hydrogen-bond acceptors (Lipinski definition) is 6. The predicted molar refractivity (Wildman–Crippen MR) is 92.9 cm³/mol. The van der Waals surface area contributed by atoms with Gasteiger partial charge in [0.25, 0.3) is 0 Å². The van der Waals surface area contributed by atoms with E-state index < -0.39 is 10.7 Å². The SMILES string of the molecule is CN(C)C(=O)N1CCN(c2ccnc3c(O)c([N+](=O)[O-])ccc23)CC1. The van der Waals surface area contributed by atoms with Gasteiger partial charge in [-0.15, -0.1) is 0 Å². The molecule has 0 radical (unpaired) electrons. The number of phenols is 1. The molecule has 1 aliphatic heterocycles. The van der Waals surface area contributed by atoms with Gasteiger partial charge in [0, 0.05) is 63.6 Å². The summed E-state index contributed by atoms with van der Waals surface area (Å²) in [5.41, 5.74) is 0.684. The molecule has 0 spiro atoms. The number of hydrogen-bond donors (Lipinski definition) is 1. The van der Waals surface area contributed by atoms with Crippen LogP contribution in [0.4, 0.5) is 16.2 Å². The minimum atomic E-state index is -0.630. The summed E-state index contributed by atoms with van der Waals surface area (Å²) >= 11 is 0. The molecule has 1 saturated heterocycles. The normalized spacial score (nSPS) is 14.6. The third-order valence-corrected chi connectivity index (χ3v) is 4.31. The first-order chi connectivity index (χ1) is 11.9. The maximum atomic E-state index is 12.0. The zero-order valence-corrected chi connectivity index (χ0v) is 14.0. The number of phenolic OH excluding ortho intramolecular Hbond substituents is 1. The Hall–Kier alpha value is -3.10. The topological polar surface area (TPSA) is 103 Å². The van der Waals surface area contributed by atoms with Gasteiger partial charge in [-0.05, 0) is 12.1 Å². The van der Waals surface area contributed by atoms with Crippen molar-refractivity contribution in [3.8, 4) is 5.75 Å². The van der Waals surface area contributed by atoms with Gasteiger partial charge in [0.1, 0.15) is 5.52 Å². The molecule has 0 unspecified atom stereocenters. The summed E-state index contributed by atoms with van der Waals surface area (Å²) < 4.78 is 0. The number of urea groups is 1. The summed E-state index contributed by atoms with van der Waals surface area (Å²) in [6, 6.07) is 4.69. The number of carbonyl (C=O) groups excluding carboxylic acids is 1. The first-order valence-electron chi connectivity index (χ1n) is 7.86. The highest BCUT2D eigenvalue weighted by Gasteiger charge is 2.25. The van der Waals surface area contributed by atoms with Crippen LogP contribution >= 0.6 is 0 Å². The number of anilines is 1. The third kappa shape index (κ3) is 3.00. The minimum Gasteiger partial charge on any atom is -0.501 e. The number of fused-ring (bicyclic) bond motifs is 1. The zero-order valence-electron chi connectivity index (χ0n) is 14.0. The highest BCUT2D eigenvalue weighted by atomic mass is 16.6. The average Bonchev–Trinajstić information content (AvgIpc) is 2.61. The van der Waals surface area contributed by atoms with Crippen molar-refractivity contribution in [1.82, 2.24) is 14.8 Å². The summed E-state index contributed by atoms with van der Waals surface area (Å²) in [7, 11) is 3.45. The molecule has 0 bridgehead atoms. The van der Waals surface area contributed by atoms with Crippen molar-refractivity contribution in [1.29, 1.82) is 0 Å². The number of nitro benzene ring substituents is 1. The van der Waals surface area contributed by atoms with Crippen molar-refractivity contribution in [2.45, 2.75) is 0 Å². The van der Waals surface area contributed by atoms with E-state index in [2.05, 4.69) is 9.88 Å². The van der Waals surface area contributed by atoms with Gasteiger partial charge < -0.3 is 19.8 Å². The van der Waals surface area contributed by atoms with Gasteiger partial charge in [-0.1, -0.05) is 0 Å². The van der Waals surface area contributed by atoms with Gasteiger partial charge in [-0.25, -0.2) is 4.79 Å². The number of nitrogens with zero attached hydrogens (tertiary/aromatic N) is 5. The molecule has 2 amide bonds. The molecule has 0 aliphatic carbocycles. The maximum absolute atomic E-state index is 12.0. The van der Waals surface area contributed by atoms with Crippen LogP contribution in [0.15, 0.2) is 24.4 Å². The summed E-state index contributed by atoms with van der Waals surface area (Å²) in [6.45, 7) is 2.44. The van der Waals surface area contributed by atoms with Crippen LogP contribution < -0.4 is 4.90 Å². The van der Waals surface area contributed by atoms with Gasteiger partial charge in [-0.2, -0.15) is 0 Å². The molecule has 9 nitrogen and oxygen atoms in total. The second kappa shape index (κ2) is 6.42. The Morgan fingerprint density at radius 2 is 1.92 bits per heavy atom. The molecule has 3 rings (SSSR count).